The van der Waals surface area contributed by atoms with Gasteiger partial charge in [0.1, 0.15) is 5.82 Å². The number of anilines is 1. The molecule has 2 aromatic carbocycles. The van der Waals surface area contributed by atoms with Crippen molar-refractivity contribution in [3.05, 3.63) is 65.5 Å². The molecule has 1 saturated carbocycles. The van der Waals surface area contributed by atoms with Crippen LogP contribution >= 0.6 is 0 Å². The van der Waals surface area contributed by atoms with Crippen molar-refractivity contribution in [3.8, 4) is 0 Å². The Morgan fingerprint density at radius 2 is 1.65 bits per heavy atom. The average molecular weight is 277 g/mol. The molecule has 0 aliphatic heterocycles. The molecule has 0 spiro atoms. The summed E-state index contributed by atoms with van der Waals surface area (Å²) in [5.74, 6) is -2.53. The van der Waals surface area contributed by atoms with E-state index in [-0.39, 0.29) is 11.7 Å². The molecule has 4 heteroatoms. The molecule has 0 unspecified atom stereocenters. The lowest BCUT2D eigenvalue weighted by molar-refractivity contribution is 0.371. The van der Waals surface area contributed by atoms with E-state index >= 15 is 0 Å². The van der Waals surface area contributed by atoms with Crippen LogP contribution in [-0.2, 0) is 0 Å². The van der Waals surface area contributed by atoms with Crippen LogP contribution in [0.25, 0.3) is 0 Å². The average Bonchev–Trinajstić information content (AvgIpc) is 2.39. The summed E-state index contributed by atoms with van der Waals surface area (Å²) in [5, 5.41) is 2.87. The van der Waals surface area contributed by atoms with Gasteiger partial charge in [-0.1, -0.05) is 30.3 Å². The second kappa shape index (κ2) is 5.19. The summed E-state index contributed by atoms with van der Waals surface area (Å²) >= 11 is 0. The third-order valence-corrected chi connectivity index (χ3v) is 3.76. The lowest BCUT2D eigenvalue weighted by Crippen LogP contribution is -2.34. The number of rotatable bonds is 3. The minimum absolute atomic E-state index is 0.0518. The van der Waals surface area contributed by atoms with Crippen LogP contribution in [0.3, 0.4) is 0 Å². The Morgan fingerprint density at radius 1 is 0.950 bits per heavy atom. The first-order chi connectivity index (χ1) is 9.63. The molecule has 0 radical (unpaired) electrons. The first-order valence-corrected chi connectivity index (χ1v) is 6.59. The van der Waals surface area contributed by atoms with Crippen molar-refractivity contribution in [2.45, 2.75) is 24.8 Å². The minimum Gasteiger partial charge on any atom is -0.380 e. The lowest BCUT2D eigenvalue weighted by Gasteiger charge is -2.37. The quantitative estimate of drug-likeness (QED) is 0.817. The van der Waals surface area contributed by atoms with Crippen molar-refractivity contribution in [1.82, 2.24) is 0 Å². The molecule has 3 rings (SSSR count). The molecule has 1 aliphatic carbocycles. The molecule has 1 nitrogen and oxygen atoms in total. The van der Waals surface area contributed by atoms with Crippen molar-refractivity contribution >= 4 is 5.69 Å². The Kier molecular flexibility index (Phi) is 3.38. The molecule has 104 valence electrons. The van der Waals surface area contributed by atoms with E-state index in [1.54, 1.807) is 0 Å². The van der Waals surface area contributed by atoms with E-state index in [0.717, 1.165) is 18.9 Å². The van der Waals surface area contributed by atoms with Gasteiger partial charge in [-0.2, -0.15) is 0 Å². The van der Waals surface area contributed by atoms with Gasteiger partial charge in [-0.25, -0.2) is 13.2 Å². The van der Waals surface area contributed by atoms with Gasteiger partial charge in [-0.05, 0) is 24.3 Å². The Hall–Kier alpha value is -1.97. The zero-order chi connectivity index (χ0) is 14.1. The molecule has 2 aromatic rings. The van der Waals surface area contributed by atoms with Gasteiger partial charge in [0.15, 0.2) is 11.6 Å². The van der Waals surface area contributed by atoms with Crippen LogP contribution in [0.1, 0.15) is 24.3 Å². The monoisotopic (exact) mass is 277 g/mol. The van der Waals surface area contributed by atoms with E-state index < -0.39 is 17.5 Å². The summed E-state index contributed by atoms with van der Waals surface area (Å²) in [7, 11) is 0. The fraction of sp³-hybridized carbons (Fsp3) is 0.250. The van der Waals surface area contributed by atoms with Crippen molar-refractivity contribution in [3.63, 3.8) is 0 Å². The van der Waals surface area contributed by atoms with Gasteiger partial charge in [-0.3, -0.25) is 0 Å². The molecule has 0 saturated heterocycles. The van der Waals surface area contributed by atoms with Crippen LogP contribution in [0.2, 0.25) is 0 Å². The molecule has 0 aromatic heterocycles. The molecular formula is C16H14F3N. The maximum Gasteiger partial charge on any atom is 0.182 e. The van der Waals surface area contributed by atoms with Crippen LogP contribution in [0.15, 0.2) is 42.5 Å². The normalized spacial score (nSPS) is 21.4. The highest BCUT2D eigenvalue weighted by atomic mass is 19.2. The predicted molar refractivity (Wildman–Crippen MR) is 72.1 cm³/mol. The van der Waals surface area contributed by atoms with E-state index in [1.165, 1.54) is 5.56 Å². The summed E-state index contributed by atoms with van der Waals surface area (Å²) < 4.78 is 39.7. The molecule has 1 aliphatic rings. The zero-order valence-corrected chi connectivity index (χ0v) is 10.7. The van der Waals surface area contributed by atoms with E-state index in [9.17, 15) is 13.2 Å². The number of hydrogen-bond acceptors (Lipinski definition) is 1. The van der Waals surface area contributed by atoms with Crippen LogP contribution in [0.4, 0.5) is 18.9 Å². The first kappa shape index (κ1) is 13.0. The van der Waals surface area contributed by atoms with Gasteiger partial charge in [0.05, 0.1) is 5.69 Å². The Balaban J connectivity index is 1.65. The van der Waals surface area contributed by atoms with E-state index in [1.807, 2.05) is 18.2 Å². The Morgan fingerprint density at radius 3 is 2.35 bits per heavy atom. The standard InChI is InChI=1S/C16H14F3N/c17-12-8-14(18)16(19)15(9-12)20-13-6-11(7-13)10-4-2-1-3-5-10/h1-5,8-9,11,13,20H,6-7H2. The smallest absolute Gasteiger partial charge is 0.182 e. The number of nitrogens with one attached hydrogen (secondary N) is 1. The largest absolute Gasteiger partial charge is 0.380 e. The summed E-state index contributed by atoms with van der Waals surface area (Å²) in [6, 6.07) is 11.6. The van der Waals surface area contributed by atoms with Crippen LogP contribution in [-0.4, -0.2) is 6.04 Å². The molecule has 0 heterocycles. The van der Waals surface area contributed by atoms with Gasteiger partial charge in [-0.15, -0.1) is 0 Å². The van der Waals surface area contributed by atoms with Gasteiger partial charge < -0.3 is 5.32 Å². The van der Waals surface area contributed by atoms with Gasteiger partial charge in [0, 0.05) is 18.2 Å². The predicted octanol–water partition coefficient (Wildman–Crippen LogP) is 4.46. The number of halogens is 3. The van der Waals surface area contributed by atoms with Crippen LogP contribution in [0.5, 0.6) is 0 Å². The molecule has 0 atom stereocenters. The fourth-order valence-electron chi connectivity index (χ4n) is 2.61. The van der Waals surface area contributed by atoms with Crippen molar-refractivity contribution < 1.29 is 13.2 Å². The van der Waals surface area contributed by atoms with E-state index in [4.69, 9.17) is 0 Å². The Bertz CT molecular complexity index is 607. The maximum atomic E-state index is 13.5. The van der Waals surface area contributed by atoms with Crippen molar-refractivity contribution in [2.24, 2.45) is 0 Å². The van der Waals surface area contributed by atoms with Crippen molar-refractivity contribution in [1.29, 1.82) is 0 Å². The summed E-state index contributed by atoms with van der Waals surface area (Å²) in [6.07, 6.45) is 1.67. The van der Waals surface area contributed by atoms with E-state index in [2.05, 4.69) is 17.4 Å². The summed E-state index contributed by atoms with van der Waals surface area (Å²) in [6.45, 7) is 0. The lowest BCUT2D eigenvalue weighted by atomic mass is 9.76. The molecular weight excluding hydrogens is 263 g/mol. The number of benzene rings is 2. The highest BCUT2D eigenvalue weighted by Crippen LogP contribution is 2.38. The summed E-state index contributed by atoms with van der Waals surface area (Å²) in [4.78, 5) is 0. The molecule has 1 fully saturated rings. The molecule has 1 N–H and O–H groups in total. The van der Waals surface area contributed by atoms with Crippen LogP contribution in [0, 0.1) is 17.5 Å². The topological polar surface area (TPSA) is 12.0 Å². The second-order valence-corrected chi connectivity index (χ2v) is 5.17. The van der Waals surface area contributed by atoms with E-state index in [0.29, 0.717) is 12.0 Å². The number of hydrogen-bond donors (Lipinski definition) is 1. The fourth-order valence-corrected chi connectivity index (χ4v) is 2.61. The SMILES string of the molecule is Fc1cc(F)c(F)c(NC2CC(c3ccccc3)C2)c1. The zero-order valence-electron chi connectivity index (χ0n) is 10.7. The molecule has 20 heavy (non-hydrogen) atoms. The van der Waals surface area contributed by atoms with Gasteiger partial charge >= 0.3 is 0 Å². The third-order valence-electron chi connectivity index (χ3n) is 3.76. The highest BCUT2D eigenvalue weighted by Gasteiger charge is 2.30. The molecule has 0 bridgehead atoms. The van der Waals surface area contributed by atoms with Crippen molar-refractivity contribution in [2.75, 3.05) is 5.32 Å². The maximum absolute atomic E-state index is 13.5. The van der Waals surface area contributed by atoms with Crippen LogP contribution < -0.4 is 5.32 Å². The minimum atomic E-state index is -1.16. The second-order valence-electron chi connectivity index (χ2n) is 5.17. The Labute approximate surface area is 115 Å². The summed E-state index contributed by atoms with van der Waals surface area (Å²) in [5.41, 5.74) is 1.15. The van der Waals surface area contributed by atoms with Gasteiger partial charge in [0.25, 0.3) is 0 Å². The molecule has 0 amide bonds. The first-order valence-electron chi connectivity index (χ1n) is 6.59. The third kappa shape index (κ3) is 2.50. The highest BCUT2D eigenvalue weighted by molar-refractivity contribution is 5.47. The van der Waals surface area contributed by atoms with Gasteiger partial charge in [0.2, 0.25) is 0 Å².